The Labute approximate surface area is 135 Å². The van der Waals surface area contributed by atoms with Gasteiger partial charge in [-0.25, -0.2) is 0 Å². The molecular weight excluding hydrogens is 336 g/mol. The van der Waals surface area contributed by atoms with E-state index in [0.29, 0.717) is 6.54 Å². The number of hydrogen-bond donors (Lipinski definition) is 1. The molecule has 1 saturated carbocycles. The van der Waals surface area contributed by atoms with Crippen LogP contribution in [0.1, 0.15) is 43.7 Å². The van der Waals surface area contributed by atoms with Crippen molar-refractivity contribution in [3.05, 3.63) is 33.3 Å². The first kappa shape index (κ1) is 16.3. The highest BCUT2D eigenvalue weighted by Gasteiger charge is 2.22. The lowest BCUT2D eigenvalue weighted by Crippen LogP contribution is -2.35. The van der Waals surface area contributed by atoms with Gasteiger partial charge in [-0.2, -0.15) is 0 Å². The fourth-order valence-electron chi connectivity index (χ4n) is 3.22. The number of rotatable bonds is 5. The van der Waals surface area contributed by atoms with Crippen LogP contribution in [0.2, 0.25) is 5.02 Å². The van der Waals surface area contributed by atoms with Gasteiger partial charge in [-0.15, -0.1) is 0 Å². The molecule has 0 spiro atoms. The zero-order valence-corrected chi connectivity index (χ0v) is 14.5. The van der Waals surface area contributed by atoms with Crippen molar-refractivity contribution < 1.29 is 0 Å². The topological polar surface area (TPSA) is 29.3 Å². The quantitative estimate of drug-likeness (QED) is 0.831. The lowest BCUT2D eigenvalue weighted by Gasteiger charge is -2.33. The van der Waals surface area contributed by atoms with Crippen molar-refractivity contribution in [2.75, 3.05) is 20.1 Å². The SMILES string of the molecule is CN(CC1CCCCC1)C(CN)c1cc(Br)ccc1Cl. The van der Waals surface area contributed by atoms with Gasteiger partial charge < -0.3 is 5.73 Å². The van der Waals surface area contributed by atoms with E-state index in [1.165, 1.54) is 32.1 Å². The summed E-state index contributed by atoms with van der Waals surface area (Å²) in [7, 11) is 2.17. The second kappa shape index (κ2) is 7.79. The predicted molar refractivity (Wildman–Crippen MR) is 90.2 cm³/mol. The maximum Gasteiger partial charge on any atom is 0.0482 e. The molecule has 0 bridgehead atoms. The summed E-state index contributed by atoms with van der Waals surface area (Å²) < 4.78 is 1.06. The van der Waals surface area contributed by atoms with Crippen molar-refractivity contribution in [1.29, 1.82) is 0 Å². The maximum atomic E-state index is 6.35. The van der Waals surface area contributed by atoms with Crippen molar-refractivity contribution in [3.8, 4) is 0 Å². The van der Waals surface area contributed by atoms with Gasteiger partial charge in [-0.1, -0.05) is 46.8 Å². The Morgan fingerprint density at radius 2 is 2.05 bits per heavy atom. The molecule has 0 saturated heterocycles. The Balaban J connectivity index is 2.07. The Morgan fingerprint density at radius 1 is 1.35 bits per heavy atom. The molecule has 1 fully saturated rings. The Morgan fingerprint density at radius 3 is 2.70 bits per heavy atom. The molecule has 0 amide bonds. The number of nitrogens with two attached hydrogens (primary N) is 1. The minimum Gasteiger partial charge on any atom is -0.329 e. The van der Waals surface area contributed by atoms with E-state index in [2.05, 4.69) is 33.9 Å². The minimum absolute atomic E-state index is 0.196. The van der Waals surface area contributed by atoms with Gasteiger partial charge in [-0.05, 0) is 49.6 Å². The summed E-state index contributed by atoms with van der Waals surface area (Å²) in [6, 6.07) is 6.21. The van der Waals surface area contributed by atoms with Crippen LogP contribution >= 0.6 is 27.5 Å². The number of hydrogen-bond acceptors (Lipinski definition) is 2. The molecular formula is C16H24BrClN2. The van der Waals surface area contributed by atoms with E-state index in [9.17, 15) is 0 Å². The molecule has 0 aliphatic heterocycles. The van der Waals surface area contributed by atoms with Crippen molar-refractivity contribution in [1.82, 2.24) is 4.90 Å². The van der Waals surface area contributed by atoms with Gasteiger partial charge in [0, 0.05) is 28.6 Å². The van der Waals surface area contributed by atoms with Crippen molar-refractivity contribution >= 4 is 27.5 Å². The van der Waals surface area contributed by atoms with Crippen molar-refractivity contribution in [2.24, 2.45) is 11.7 Å². The molecule has 2 nitrogen and oxygen atoms in total. The van der Waals surface area contributed by atoms with Crippen LogP contribution in [0.15, 0.2) is 22.7 Å². The summed E-state index contributed by atoms with van der Waals surface area (Å²) in [6.07, 6.45) is 6.87. The highest BCUT2D eigenvalue weighted by Crippen LogP contribution is 2.31. The van der Waals surface area contributed by atoms with Gasteiger partial charge in [0.2, 0.25) is 0 Å². The van der Waals surface area contributed by atoms with Crippen LogP contribution < -0.4 is 5.73 Å². The third kappa shape index (κ3) is 4.20. The van der Waals surface area contributed by atoms with E-state index in [1.807, 2.05) is 12.1 Å². The fraction of sp³-hybridized carbons (Fsp3) is 0.625. The van der Waals surface area contributed by atoms with Gasteiger partial charge in [0.25, 0.3) is 0 Å². The first-order valence-electron chi connectivity index (χ1n) is 7.47. The zero-order chi connectivity index (χ0) is 14.5. The van der Waals surface area contributed by atoms with Crippen LogP contribution in [0.5, 0.6) is 0 Å². The van der Waals surface area contributed by atoms with Crippen LogP contribution in [0.4, 0.5) is 0 Å². The molecule has 0 aromatic heterocycles. The molecule has 2 rings (SSSR count). The monoisotopic (exact) mass is 358 g/mol. The molecule has 1 aromatic carbocycles. The number of halogens is 2. The van der Waals surface area contributed by atoms with Gasteiger partial charge >= 0.3 is 0 Å². The van der Waals surface area contributed by atoms with Crippen LogP contribution in [-0.4, -0.2) is 25.0 Å². The van der Waals surface area contributed by atoms with E-state index in [0.717, 1.165) is 27.5 Å². The van der Waals surface area contributed by atoms with E-state index in [4.69, 9.17) is 17.3 Å². The summed E-state index contributed by atoms with van der Waals surface area (Å²) in [5, 5.41) is 0.805. The lowest BCUT2D eigenvalue weighted by molar-refractivity contribution is 0.186. The molecule has 1 unspecified atom stereocenters. The average Bonchev–Trinajstić information content (AvgIpc) is 2.44. The van der Waals surface area contributed by atoms with Crippen LogP contribution in [0.3, 0.4) is 0 Å². The molecule has 2 N–H and O–H groups in total. The van der Waals surface area contributed by atoms with Crippen LogP contribution in [0.25, 0.3) is 0 Å². The zero-order valence-electron chi connectivity index (χ0n) is 12.1. The van der Waals surface area contributed by atoms with Crippen LogP contribution in [-0.2, 0) is 0 Å². The molecule has 0 radical (unpaired) electrons. The number of nitrogens with zero attached hydrogens (tertiary/aromatic N) is 1. The largest absolute Gasteiger partial charge is 0.329 e. The van der Waals surface area contributed by atoms with E-state index in [-0.39, 0.29) is 6.04 Å². The molecule has 1 aliphatic rings. The fourth-order valence-corrected chi connectivity index (χ4v) is 3.84. The average molecular weight is 360 g/mol. The Bertz CT molecular complexity index is 432. The Hall–Kier alpha value is -0.0900. The highest BCUT2D eigenvalue weighted by molar-refractivity contribution is 9.10. The molecule has 1 atom stereocenters. The first-order valence-corrected chi connectivity index (χ1v) is 8.64. The Kier molecular flexibility index (Phi) is 6.34. The summed E-state index contributed by atoms with van der Waals surface area (Å²) in [5.41, 5.74) is 7.14. The van der Waals surface area contributed by atoms with Crippen molar-refractivity contribution in [2.45, 2.75) is 38.1 Å². The first-order chi connectivity index (χ1) is 9.61. The number of benzene rings is 1. The molecule has 1 aliphatic carbocycles. The standard InChI is InChI=1S/C16H24BrClN2/c1-20(11-12-5-3-2-4-6-12)16(10-19)14-9-13(17)7-8-15(14)18/h7-9,12,16H,2-6,10-11,19H2,1H3. The second-order valence-corrected chi connectivity index (χ2v) is 7.18. The van der Waals surface area contributed by atoms with Crippen molar-refractivity contribution in [3.63, 3.8) is 0 Å². The smallest absolute Gasteiger partial charge is 0.0482 e. The van der Waals surface area contributed by atoms with Gasteiger partial charge in [0.15, 0.2) is 0 Å². The summed E-state index contributed by atoms with van der Waals surface area (Å²) in [4.78, 5) is 2.38. The van der Waals surface area contributed by atoms with Gasteiger partial charge in [0.1, 0.15) is 0 Å². The summed E-state index contributed by atoms with van der Waals surface area (Å²) >= 11 is 9.88. The molecule has 112 valence electrons. The molecule has 4 heteroatoms. The lowest BCUT2D eigenvalue weighted by atomic mass is 9.88. The summed E-state index contributed by atoms with van der Waals surface area (Å²) in [6.45, 7) is 1.71. The molecule has 1 aromatic rings. The van der Waals surface area contributed by atoms with Gasteiger partial charge in [-0.3, -0.25) is 4.90 Å². The minimum atomic E-state index is 0.196. The van der Waals surface area contributed by atoms with Gasteiger partial charge in [0.05, 0.1) is 0 Å². The number of likely N-dealkylation sites (N-methyl/N-ethyl adjacent to an activating group) is 1. The second-order valence-electron chi connectivity index (χ2n) is 5.86. The maximum absolute atomic E-state index is 6.35. The van der Waals surface area contributed by atoms with Crippen LogP contribution in [0, 0.1) is 5.92 Å². The highest BCUT2D eigenvalue weighted by atomic mass is 79.9. The molecule has 0 heterocycles. The van der Waals surface area contributed by atoms with E-state index in [1.54, 1.807) is 0 Å². The summed E-state index contributed by atoms with van der Waals surface area (Å²) in [5.74, 6) is 0.814. The third-order valence-electron chi connectivity index (χ3n) is 4.34. The predicted octanol–water partition coefficient (Wildman–Crippen LogP) is 4.61. The van der Waals surface area contributed by atoms with E-state index >= 15 is 0 Å². The van der Waals surface area contributed by atoms with E-state index < -0.39 is 0 Å². The normalized spacial score (nSPS) is 18.4. The molecule has 20 heavy (non-hydrogen) atoms. The third-order valence-corrected chi connectivity index (χ3v) is 5.18.